The number of phenols is 1. The number of hydrogen-bond donors (Lipinski definition) is 3. The van der Waals surface area contributed by atoms with E-state index in [4.69, 9.17) is 4.74 Å². The lowest BCUT2D eigenvalue weighted by atomic mass is 9.97. The van der Waals surface area contributed by atoms with Crippen LogP contribution in [0.25, 0.3) is 0 Å². The molecular weight excluding hydrogens is 594 g/mol. The van der Waals surface area contributed by atoms with Crippen LogP contribution in [0.1, 0.15) is 80.5 Å². The predicted molar refractivity (Wildman–Crippen MR) is 172 cm³/mol. The Morgan fingerprint density at radius 3 is 2.44 bits per heavy atom. The quantitative estimate of drug-likeness (QED) is 0.236. The van der Waals surface area contributed by atoms with Crippen molar-refractivity contribution in [1.82, 2.24) is 25.4 Å². The zero-order valence-electron chi connectivity index (χ0n) is 26.7. The minimum Gasteiger partial charge on any atom is -0.508 e. The molecule has 4 atom stereocenters. The molecule has 11 nitrogen and oxygen atoms in total. The Balaban J connectivity index is 1.50. The molecule has 0 aliphatic carbocycles. The number of amides is 3. The Hall–Kier alpha value is -3.77. The molecule has 0 radical (unpaired) electrons. The number of aromatic nitrogens is 1. The van der Waals surface area contributed by atoms with Crippen LogP contribution in [0.3, 0.4) is 0 Å². The highest BCUT2D eigenvalue weighted by atomic mass is 32.1. The number of phenolic OH excluding ortho intramolecular Hbond substituents is 1. The lowest BCUT2D eigenvalue weighted by molar-refractivity contribution is -0.147. The van der Waals surface area contributed by atoms with Crippen LogP contribution in [0.5, 0.6) is 5.75 Å². The van der Waals surface area contributed by atoms with E-state index in [-0.39, 0.29) is 41.1 Å². The normalized spacial score (nSPS) is 19.8. The Bertz CT molecular complexity index is 1390. The highest BCUT2D eigenvalue weighted by molar-refractivity contribution is 7.09. The van der Waals surface area contributed by atoms with Crippen molar-refractivity contribution >= 4 is 35.0 Å². The fourth-order valence-electron chi connectivity index (χ4n) is 5.94. The van der Waals surface area contributed by atoms with Crippen molar-refractivity contribution in [3.63, 3.8) is 0 Å². The third-order valence-electron chi connectivity index (χ3n) is 8.54. The van der Waals surface area contributed by atoms with E-state index < -0.39 is 29.6 Å². The maximum atomic E-state index is 14.1. The Morgan fingerprint density at radius 1 is 1.13 bits per heavy atom. The van der Waals surface area contributed by atoms with Gasteiger partial charge in [0, 0.05) is 24.0 Å². The molecular formula is C33H45N5O6S. The van der Waals surface area contributed by atoms with Gasteiger partial charge in [0.05, 0.1) is 19.2 Å². The number of likely N-dealkylation sites (tertiary alicyclic amines) is 2. The van der Waals surface area contributed by atoms with Crippen molar-refractivity contribution in [3.8, 4) is 5.75 Å². The van der Waals surface area contributed by atoms with Crippen LogP contribution in [0.4, 0.5) is 0 Å². The van der Waals surface area contributed by atoms with Gasteiger partial charge in [-0.25, -0.2) is 9.78 Å². The lowest BCUT2D eigenvalue weighted by Gasteiger charge is -2.35. The zero-order valence-corrected chi connectivity index (χ0v) is 27.6. The molecule has 4 unspecified atom stereocenters. The molecule has 2 saturated heterocycles. The summed E-state index contributed by atoms with van der Waals surface area (Å²) in [6, 6.07) is 4.25. The second kappa shape index (κ2) is 14.6. The van der Waals surface area contributed by atoms with Gasteiger partial charge in [0.25, 0.3) is 0 Å². The molecule has 2 aromatic rings. The third-order valence-corrected chi connectivity index (χ3v) is 9.48. The molecule has 244 valence electrons. The molecule has 2 fully saturated rings. The molecule has 3 heterocycles. The summed E-state index contributed by atoms with van der Waals surface area (Å²) in [5.74, 6) is -1.36. The molecule has 12 heteroatoms. The number of rotatable bonds is 12. The molecule has 0 bridgehead atoms. The standard InChI is InChI=1S/C33H45N5O6S/c1-7-33(4,5)36-23(18-21-12-14-22(39)15-13-21)28(40)35-27(20(2)3)31(42)38-17-9-11-26(38)30(41)37-16-8-10-25(37)29-34-24(19-45-29)32(43)44-6/h7,12-15,19-20,23,25-27,36,39H,1,8-11,16-18H2,2-6H3,(H,35,40). The average Bonchev–Trinajstić information content (AvgIpc) is 3.80. The minimum absolute atomic E-state index is 0.133. The first-order valence-electron chi connectivity index (χ1n) is 15.5. The van der Waals surface area contributed by atoms with Crippen LogP contribution >= 0.6 is 11.3 Å². The van der Waals surface area contributed by atoms with E-state index in [2.05, 4.69) is 22.2 Å². The first-order chi connectivity index (χ1) is 21.3. The fraction of sp³-hybridized carbons (Fsp3) is 0.545. The molecule has 2 aliphatic rings. The summed E-state index contributed by atoms with van der Waals surface area (Å²) in [5, 5.41) is 18.4. The van der Waals surface area contributed by atoms with Gasteiger partial charge in [-0.15, -0.1) is 17.9 Å². The van der Waals surface area contributed by atoms with Crippen molar-refractivity contribution in [2.75, 3.05) is 20.2 Å². The molecule has 0 saturated carbocycles. The molecule has 3 amide bonds. The number of hydrogen-bond acceptors (Lipinski definition) is 9. The second-order valence-corrected chi connectivity index (χ2v) is 13.6. The Morgan fingerprint density at radius 2 is 1.80 bits per heavy atom. The summed E-state index contributed by atoms with van der Waals surface area (Å²) in [7, 11) is 1.31. The highest BCUT2D eigenvalue weighted by Crippen LogP contribution is 2.36. The van der Waals surface area contributed by atoms with E-state index in [9.17, 15) is 24.3 Å². The number of benzene rings is 1. The minimum atomic E-state index is -0.835. The van der Waals surface area contributed by atoms with E-state index in [1.165, 1.54) is 18.4 Å². The van der Waals surface area contributed by atoms with Crippen LogP contribution in [0.15, 0.2) is 42.3 Å². The average molecular weight is 640 g/mol. The summed E-state index contributed by atoms with van der Waals surface area (Å²) in [6.45, 7) is 12.4. The molecule has 1 aromatic carbocycles. The number of nitrogens with zero attached hydrogens (tertiary/aromatic N) is 3. The molecule has 1 aromatic heterocycles. The van der Waals surface area contributed by atoms with Gasteiger partial charge in [0.15, 0.2) is 5.69 Å². The number of methoxy groups -OCH3 is 1. The van der Waals surface area contributed by atoms with Gasteiger partial charge < -0.3 is 25.0 Å². The van der Waals surface area contributed by atoms with Crippen LogP contribution in [-0.2, 0) is 25.5 Å². The van der Waals surface area contributed by atoms with Gasteiger partial charge in [-0.2, -0.15) is 0 Å². The van der Waals surface area contributed by atoms with Gasteiger partial charge in [-0.3, -0.25) is 19.7 Å². The maximum Gasteiger partial charge on any atom is 0.357 e. The summed E-state index contributed by atoms with van der Waals surface area (Å²) >= 11 is 1.33. The lowest BCUT2D eigenvalue weighted by Crippen LogP contribution is -2.60. The van der Waals surface area contributed by atoms with Crippen LogP contribution in [-0.4, -0.2) is 87.4 Å². The van der Waals surface area contributed by atoms with Crippen LogP contribution in [0, 0.1) is 5.92 Å². The summed E-state index contributed by atoms with van der Waals surface area (Å²) < 4.78 is 4.79. The molecule has 4 rings (SSSR count). The van der Waals surface area contributed by atoms with Gasteiger partial charge >= 0.3 is 5.97 Å². The van der Waals surface area contributed by atoms with E-state index in [0.717, 1.165) is 18.4 Å². The molecule has 2 aliphatic heterocycles. The number of nitrogens with one attached hydrogen (secondary N) is 2. The Kier molecular flexibility index (Phi) is 11.0. The van der Waals surface area contributed by atoms with E-state index in [1.807, 2.05) is 27.7 Å². The van der Waals surface area contributed by atoms with Gasteiger partial charge in [0.2, 0.25) is 17.7 Å². The first-order valence-corrected chi connectivity index (χ1v) is 16.4. The summed E-state index contributed by atoms with van der Waals surface area (Å²) in [4.78, 5) is 61.7. The second-order valence-electron chi connectivity index (χ2n) is 12.7. The number of carbonyl (C=O) groups is 4. The highest BCUT2D eigenvalue weighted by Gasteiger charge is 2.43. The van der Waals surface area contributed by atoms with Crippen LogP contribution in [0.2, 0.25) is 0 Å². The van der Waals surface area contributed by atoms with Crippen molar-refractivity contribution < 1.29 is 29.0 Å². The SMILES string of the molecule is C=CC(C)(C)NC(Cc1ccc(O)cc1)C(=O)NC(C(=O)N1CCCC1C(=O)N1CCCC1c1nc(C(=O)OC)cs1)C(C)C. The summed E-state index contributed by atoms with van der Waals surface area (Å²) in [5.41, 5.74) is 0.501. The van der Waals surface area contributed by atoms with Crippen LogP contribution < -0.4 is 10.6 Å². The van der Waals surface area contributed by atoms with E-state index in [1.54, 1.807) is 45.5 Å². The van der Waals surface area contributed by atoms with Crippen molar-refractivity contribution in [2.24, 2.45) is 5.92 Å². The Labute approximate surface area is 269 Å². The number of carbonyl (C=O) groups excluding carboxylic acids is 4. The predicted octanol–water partition coefficient (Wildman–Crippen LogP) is 3.60. The van der Waals surface area contributed by atoms with Crippen molar-refractivity contribution in [1.29, 1.82) is 0 Å². The smallest absolute Gasteiger partial charge is 0.357 e. The molecule has 0 spiro atoms. The maximum absolute atomic E-state index is 14.1. The monoisotopic (exact) mass is 639 g/mol. The molecule has 45 heavy (non-hydrogen) atoms. The number of esters is 1. The number of ether oxygens (including phenoxy) is 1. The topological polar surface area (TPSA) is 141 Å². The first kappa shape index (κ1) is 34.1. The summed E-state index contributed by atoms with van der Waals surface area (Å²) in [6.07, 6.45) is 4.80. The zero-order chi connectivity index (χ0) is 32.9. The van der Waals surface area contributed by atoms with Crippen molar-refractivity contribution in [2.45, 2.75) is 89.5 Å². The van der Waals surface area contributed by atoms with E-state index in [0.29, 0.717) is 37.4 Å². The largest absolute Gasteiger partial charge is 0.508 e. The van der Waals surface area contributed by atoms with Gasteiger partial charge in [-0.05, 0) is 69.6 Å². The van der Waals surface area contributed by atoms with E-state index >= 15 is 0 Å². The number of aromatic hydroxyl groups is 1. The number of thiazole rings is 1. The van der Waals surface area contributed by atoms with Gasteiger partial charge in [0.1, 0.15) is 22.8 Å². The molecule has 3 N–H and O–H groups in total. The van der Waals surface area contributed by atoms with Gasteiger partial charge in [-0.1, -0.05) is 32.1 Å². The third kappa shape index (κ3) is 8.09. The van der Waals surface area contributed by atoms with Crippen molar-refractivity contribution in [3.05, 3.63) is 58.6 Å². The fourth-order valence-corrected chi connectivity index (χ4v) is 6.87.